The molecule has 1 heterocycles. The molecule has 1 N–H and O–H groups in total. The number of aryl methyl sites for hydroxylation is 1. The second kappa shape index (κ2) is 11.5. The van der Waals surface area contributed by atoms with Crippen molar-refractivity contribution in [3.8, 4) is 0 Å². The molecule has 1 saturated heterocycles. The molecule has 0 bridgehead atoms. The zero-order valence-electron chi connectivity index (χ0n) is 19.2. The maximum atomic E-state index is 14.1. The summed E-state index contributed by atoms with van der Waals surface area (Å²) in [5, 5.41) is 10.5. The fourth-order valence-corrected chi connectivity index (χ4v) is 8.09. The molecule has 184 valence electrons. The van der Waals surface area contributed by atoms with Crippen LogP contribution in [0.15, 0.2) is 60.0 Å². The zero-order chi connectivity index (χ0) is 25.0. The number of nitrogens with zero attached hydrogens (tertiary/aromatic N) is 1. The quantitative estimate of drug-likeness (QED) is 0.343. The van der Waals surface area contributed by atoms with Crippen LogP contribution in [-0.2, 0) is 14.8 Å². The van der Waals surface area contributed by atoms with Gasteiger partial charge in [-0.25, -0.2) is 8.42 Å². The van der Waals surface area contributed by atoms with Crippen molar-refractivity contribution in [3.63, 3.8) is 0 Å². The first-order valence-electron chi connectivity index (χ1n) is 11.1. The lowest BCUT2D eigenvalue weighted by molar-refractivity contribution is -0.142. The molecular weight excluding hydrogens is 513 g/mol. The van der Waals surface area contributed by atoms with Gasteiger partial charge in [-0.2, -0.15) is 16.1 Å². The highest BCUT2D eigenvalue weighted by molar-refractivity contribution is 8.00. The summed E-state index contributed by atoms with van der Waals surface area (Å²) in [6.45, 7) is 7.69. The van der Waals surface area contributed by atoms with E-state index in [2.05, 4.69) is 6.58 Å². The maximum absolute atomic E-state index is 14.1. The van der Waals surface area contributed by atoms with E-state index in [1.54, 1.807) is 48.5 Å². The number of sulfonamides is 1. The average Bonchev–Trinajstić information content (AvgIpc) is 3.13. The summed E-state index contributed by atoms with van der Waals surface area (Å²) in [5.41, 5.74) is 1.45. The number of hydrogen-bond acceptors (Lipinski definition) is 4. The van der Waals surface area contributed by atoms with Gasteiger partial charge in [0.15, 0.2) is 0 Å². The number of carboxylic acid groups (broad SMARTS) is 1. The van der Waals surface area contributed by atoms with Crippen LogP contribution >= 0.6 is 35.0 Å². The third-order valence-electron chi connectivity index (χ3n) is 6.10. The second-order valence-electron chi connectivity index (χ2n) is 8.43. The minimum absolute atomic E-state index is 0.142. The molecular formula is C25H29Cl2NO4S2. The summed E-state index contributed by atoms with van der Waals surface area (Å²) >= 11 is 13.9. The van der Waals surface area contributed by atoms with Crippen LogP contribution in [-0.4, -0.2) is 40.8 Å². The molecule has 5 nitrogen and oxygen atoms in total. The monoisotopic (exact) mass is 541 g/mol. The number of hydrogen-bond donors (Lipinski definition) is 1. The molecule has 2 aromatic carbocycles. The van der Waals surface area contributed by atoms with Crippen molar-refractivity contribution in [2.45, 2.75) is 55.3 Å². The molecule has 0 aromatic heterocycles. The van der Waals surface area contributed by atoms with E-state index in [1.807, 2.05) is 13.8 Å². The normalized spacial score (nSPS) is 23.2. The Kier molecular flexibility index (Phi) is 9.15. The van der Waals surface area contributed by atoms with Crippen LogP contribution in [0.5, 0.6) is 0 Å². The third kappa shape index (κ3) is 5.49. The van der Waals surface area contributed by atoms with E-state index >= 15 is 0 Å². The number of unbranched alkanes of at least 4 members (excludes halogenated alkanes) is 1. The molecule has 9 heteroatoms. The Morgan fingerprint density at radius 2 is 1.85 bits per heavy atom. The standard InChI is InChI=1S/C25H29Cl2NO4S2/c1-4-6-7-21-24(33-14-5-2)22(25(29)30)23(17-10-13-19(26)20(27)15-17)28(21)34(31,32)18-11-8-16(3)9-12-18/h5,8-13,15,21-24H,2,4,6-7,14H2,1,3H3,(H,29,30)/t21-,22+,23?,24-/m1/s1. The van der Waals surface area contributed by atoms with Gasteiger partial charge in [-0.05, 0) is 43.2 Å². The average molecular weight is 543 g/mol. The van der Waals surface area contributed by atoms with Gasteiger partial charge in [0.05, 0.1) is 26.9 Å². The van der Waals surface area contributed by atoms with Gasteiger partial charge in [0, 0.05) is 17.0 Å². The van der Waals surface area contributed by atoms with Crippen molar-refractivity contribution in [2.24, 2.45) is 5.92 Å². The van der Waals surface area contributed by atoms with Gasteiger partial charge in [-0.3, -0.25) is 4.79 Å². The van der Waals surface area contributed by atoms with Gasteiger partial charge in [-0.15, -0.1) is 6.58 Å². The summed E-state index contributed by atoms with van der Waals surface area (Å²) in [5.74, 6) is -1.49. The minimum atomic E-state index is -4.02. The number of carboxylic acids is 1. The molecule has 1 aliphatic rings. The SMILES string of the molecule is C=CCS[C@@H]1[C@@H](CCCC)N(S(=O)(=O)c2ccc(C)cc2)C(c2ccc(Cl)c(Cl)c2)[C@@H]1C(=O)O. The summed E-state index contributed by atoms with van der Waals surface area (Å²) < 4.78 is 29.6. The zero-order valence-corrected chi connectivity index (χ0v) is 22.3. The smallest absolute Gasteiger partial charge is 0.309 e. The molecule has 0 saturated carbocycles. The van der Waals surface area contributed by atoms with Crippen molar-refractivity contribution in [3.05, 3.63) is 76.3 Å². The lowest BCUT2D eigenvalue weighted by Crippen LogP contribution is -2.40. The van der Waals surface area contributed by atoms with Crippen molar-refractivity contribution in [1.29, 1.82) is 0 Å². The van der Waals surface area contributed by atoms with Crippen LogP contribution in [0.2, 0.25) is 10.0 Å². The van der Waals surface area contributed by atoms with Crippen LogP contribution in [0, 0.1) is 12.8 Å². The Hall–Kier alpha value is -1.51. The predicted molar refractivity (Wildman–Crippen MR) is 140 cm³/mol. The highest BCUT2D eigenvalue weighted by atomic mass is 35.5. The predicted octanol–water partition coefficient (Wildman–Crippen LogP) is 6.59. The van der Waals surface area contributed by atoms with Gasteiger partial charge in [-0.1, -0.05) is 72.8 Å². The molecule has 1 fully saturated rings. The summed E-state index contributed by atoms with van der Waals surface area (Å²) in [6, 6.07) is 10.1. The fourth-order valence-electron chi connectivity index (χ4n) is 4.51. The first-order valence-corrected chi connectivity index (χ1v) is 14.4. The lowest BCUT2D eigenvalue weighted by atomic mass is 9.92. The summed E-state index contributed by atoms with van der Waals surface area (Å²) in [6.07, 6.45) is 3.91. The Morgan fingerprint density at radius 3 is 2.41 bits per heavy atom. The molecule has 34 heavy (non-hydrogen) atoms. The van der Waals surface area contributed by atoms with Crippen LogP contribution in [0.3, 0.4) is 0 Å². The highest BCUT2D eigenvalue weighted by Gasteiger charge is 2.57. The fraction of sp³-hybridized carbons (Fsp3) is 0.400. The largest absolute Gasteiger partial charge is 0.481 e. The molecule has 0 amide bonds. The van der Waals surface area contributed by atoms with Crippen molar-refractivity contribution >= 4 is 51.0 Å². The number of thioether (sulfide) groups is 1. The van der Waals surface area contributed by atoms with Crippen LogP contribution < -0.4 is 0 Å². The van der Waals surface area contributed by atoms with Gasteiger partial charge >= 0.3 is 5.97 Å². The molecule has 0 spiro atoms. The Bertz CT molecular complexity index is 1140. The van der Waals surface area contributed by atoms with Crippen LogP contribution in [0.1, 0.15) is 43.4 Å². The number of benzene rings is 2. The van der Waals surface area contributed by atoms with E-state index in [-0.39, 0.29) is 9.92 Å². The minimum Gasteiger partial charge on any atom is -0.481 e. The van der Waals surface area contributed by atoms with Crippen molar-refractivity contribution in [1.82, 2.24) is 4.31 Å². The summed E-state index contributed by atoms with van der Waals surface area (Å²) in [7, 11) is -4.02. The number of rotatable bonds is 10. The van der Waals surface area contributed by atoms with Gasteiger partial charge in [0.25, 0.3) is 0 Å². The first kappa shape index (κ1) is 27.1. The topological polar surface area (TPSA) is 74.7 Å². The number of halogens is 2. The number of aliphatic carboxylic acids is 1. The van der Waals surface area contributed by atoms with Crippen molar-refractivity contribution < 1.29 is 18.3 Å². The van der Waals surface area contributed by atoms with E-state index in [1.165, 1.54) is 16.1 Å². The Morgan fingerprint density at radius 1 is 1.18 bits per heavy atom. The lowest BCUT2D eigenvalue weighted by Gasteiger charge is -2.31. The Balaban J connectivity index is 2.26. The van der Waals surface area contributed by atoms with E-state index in [4.69, 9.17) is 23.2 Å². The number of carbonyl (C=O) groups is 1. The van der Waals surface area contributed by atoms with Gasteiger partial charge in [0.2, 0.25) is 10.0 Å². The summed E-state index contributed by atoms with van der Waals surface area (Å²) in [4.78, 5) is 12.8. The van der Waals surface area contributed by atoms with Crippen LogP contribution in [0.4, 0.5) is 0 Å². The molecule has 0 radical (unpaired) electrons. The van der Waals surface area contributed by atoms with Crippen molar-refractivity contribution in [2.75, 3.05) is 5.75 Å². The maximum Gasteiger partial charge on any atom is 0.309 e. The second-order valence-corrected chi connectivity index (χ2v) is 12.3. The molecule has 0 aliphatic carbocycles. The molecule has 4 atom stereocenters. The van der Waals surface area contributed by atoms with Crippen LogP contribution in [0.25, 0.3) is 0 Å². The molecule has 3 rings (SSSR count). The van der Waals surface area contributed by atoms with E-state index in [0.717, 1.165) is 18.4 Å². The first-order chi connectivity index (χ1) is 16.1. The third-order valence-corrected chi connectivity index (χ3v) is 10.2. The molecule has 1 aliphatic heterocycles. The van der Waals surface area contributed by atoms with Gasteiger partial charge < -0.3 is 5.11 Å². The molecule has 1 unspecified atom stereocenters. The van der Waals surface area contributed by atoms with E-state index in [0.29, 0.717) is 22.8 Å². The van der Waals surface area contributed by atoms with Gasteiger partial charge in [0.1, 0.15) is 0 Å². The van der Waals surface area contributed by atoms with E-state index < -0.39 is 39.2 Å². The molecule has 2 aromatic rings. The van der Waals surface area contributed by atoms with E-state index in [9.17, 15) is 18.3 Å². The highest BCUT2D eigenvalue weighted by Crippen LogP contribution is 2.51. The Labute approximate surface area is 216 Å².